The highest BCUT2D eigenvalue weighted by Crippen LogP contribution is 2.22. The van der Waals surface area contributed by atoms with E-state index in [1.165, 1.54) is 4.67 Å². The summed E-state index contributed by atoms with van der Waals surface area (Å²) < 4.78 is 16.9. The molecule has 1 rings (SSSR count). The van der Waals surface area contributed by atoms with Gasteiger partial charge in [-0.2, -0.15) is 0 Å². The van der Waals surface area contributed by atoms with Crippen LogP contribution in [0, 0.1) is 0 Å². The van der Waals surface area contributed by atoms with Crippen LogP contribution in [0.4, 0.5) is 0 Å². The molecule has 5 N–H and O–H groups in total. The third-order valence-electron chi connectivity index (χ3n) is 2.68. The van der Waals surface area contributed by atoms with Crippen molar-refractivity contribution in [3.63, 3.8) is 0 Å². The summed E-state index contributed by atoms with van der Waals surface area (Å²) in [5, 5.41) is 2.86. The summed E-state index contributed by atoms with van der Waals surface area (Å²) in [4.78, 5) is 11.9. The van der Waals surface area contributed by atoms with Gasteiger partial charge in [-0.1, -0.05) is 0 Å². The summed E-state index contributed by atoms with van der Waals surface area (Å²) in [7, 11) is 0.730. The first-order valence-electron chi connectivity index (χ1n) is 5.04. The molecule has 1 amide bonds. The van der Waals surface area contributed by atoms with Crippen molar-refractivity contribution in [3.05, 3.63) is 0 Å². The lowest BCUT2D eigenvalue weighted by atomic mass is 9.94. The maximum atomic E-state index is 11.9. The zero-order chi connectivity index (χ0) is 12.2. The van der Waals surface area contributed by atoms with Crippen molar-refractivity contribution in [2.45, 2.75) is 18.1 Å². The van der Waals surface area contributed by atoms with Crippen molar-refractivity contribution in [1.29, 1.82) is 0 Å². The Bertz CT molecular complexity index is 278. The summed E-state index contributed by atoms with van der Waals surface area (Å²) in [6, 6.07) is -0.482. The molecule has 2 unspecified atom stereocenters. The van der Waals surface area contributed by atoms with E-state index in [1.54, 1.807) is 7.11 Å². The van der Waals surface area contributed by atoms with E-state index < -0.39 is 26.2 Å². The molecule has 1 aliphatic rings. The van der Waals surface area contributed by atoms with E-state index in [9.17, 15) is 9.36 Å². The fraction of sp³-hybridized carbons (Fsp3) is 0.875. The molecule has 1 fully saturated rings. The van der Waals surface area contributed by atoms with Gasteiger partial charge in [0, 0.05) is 19.7 Å². The SMILES string of the molecule is COCCN[C@]1(N)C(=O)N([PH+]=O)CCC1N. The molecule has 7 nitrogen and oxygen atoms in total. The standard InChI is InChI=1S/C8H17N4O3P/c1-15-5-3-11-8(10)6(9)2-4-12(16-14)7(8)13/h6,11H,2-5,9-10H2,1H3/p+1/t6?,8-/m0/s1. The second-order valence-electron chi connectivity index (χ2n) is 3.73. The van der Waals surface area contributed by atoms with Crippen LogP contribution >= 0.6 is 8.61 Å². The van der Waals surface area contributed by atoms with Crippen molar-refractivity contribution in [2.24, 2.45) is 11.5 Å². The second-order valence-corrected chi connectivity index (χ2v) is 4.45. The number of hydrogen-bond acceptors (Lipinski definition) is 6. The number of methoxy groups -OCH3 is 1. The number of amides is 1. The fourth-order valence-electron chi connectivity index (χ4n) is 1.63. The monoisotopic (exact) mass is 249 g/mol. The molecular formula is C8H18N4O3P+. The summed E-state index contributed by atoms with van der Waals surface area (Å²) in [5.74, 6) is -0.421. The van der Waals surface area contributed by atoms with Crippen molar-refractivity contribution in [3.8, 4) is 0 Å². The van der Waals surface area contributed by atoms with Gasteiger partial charge >= 0.3 is 8.61 Å². The molecule has 0 spiro atoms. The van der Waals surface area contributed by atoms with E-state index >= 15 is 0 Å². The van der Waals surface area contributed by atoms with Crippen LogP contribution in [0.2, 0.25) is 0 Å². The highest BCUT2D eigenvalue weighted by atomic mass is 31.1. The largest absolute Gasteiger partial charge is 0.451 e. The first kappa shape index (κ1) is 13.5. The van der Waals surface area contributed by atoms with E-state index in [1.807, 2.05) is 0 Å². The lowest BCUT2D eigenvalue weighted by Crippen LogP contribution is -2.74. The molecule has 1 aliphatic heterocycles. The maximum Gasteiger partial charge on any atom is 0.451 e. The average molecular weight is 249 g/mol. The molecule has 0 aromatic carbocycles. The van der Waals surface area contributed by atoms with Gasteiger partial charge < -0.3 is 16.2 Å². The van der Waals surface area contributed by atoms with Gasteiger partial charge in [-0.3, -0.25) is 10.1 Å². The van der Waals surface area contributed by atoms with Crippen LogP contribution < -0.4 is 16.8 Å². The van der Waals surface area contributed by atoms with Crippen molar-refractivity contribution >= 4 is 14.5 Å². The Morgan fingerprint density at radius 3 is 3.00 bits per heavy atom. The topological polar surface area (TPSA) is 111 Å². The molecule has 8 heteroatoms. The number of nitrogens with one attached hydrogen (secondary N) is 1. The zero-order valence-corrected chi connectivity index (χ0v) is 10.2. The Balaban J connectivity index is 2.71. The van der Waals surface area contributed by atoms with E-state index in [-0.39, 0.29) is 0 Å². The van der Waals surface area contributed by atoms with Gasteiger partial charge in [-0.15, -0.1) is 4.67 Å². The van der Waals surface area contributed by atoms with E-state index in [0.717, 1.165) is 0 Å². The van der Waals surface area contributed by atoms with Gasteiger partial charge in [-0.25, -0.2) is 0 Å². The number of carbonyl (C=O) groups excluding carboxylic acids is 1. The minimum Gasteiger partial charge on any atom is -0.383 e. The molecule has 0 aromatic rings. The van der Waals surface area contributed by atoms with Crippen LogP contribution in [0.5, 0.6) is 0 Å². The van der Waals surface area contributed by atoms with Crippen LogP contribution in [0.1, 0.15) is 6.42 Å². The summed E-state index contributed by atoms with van der Waals surface area (Å²) in [6.45, 7) is 1.23. The Kier molecular flexibility index (Phi) is 4.76. The lowest BCUT2D eigenvalue weighted by Gasteiger charge is -2.38. The number of ether oxygens (including phenoxy) is 1. The molecule has 1 saturated heterocycles. The first-order valence-corrected chi connectivity index (χ1v) is 5.90. The van der Waals surface area contributed by atoms with Crippen LogP contribution in [-0.4, -0.2) is 49.1 Å². The third-order valence-corrected chi connectivity index (χ3v) is 3.33. The van der Waals surface area contributed by atoms with Crippen molar-refractivity contribution in [2.75, 3.05) is 26.8 Å². The lowest BCUT2D eigenvalue weighted by molar-refractivity contribution is -0.137. The van der Waals surface area contributed by atoms with Crippen LogP contribution in [0.3, 0.4) is 0 Å². The minimum atomic E-state index is -1.34. The second kappa shape index (κ2) is 5.65. The molecule has 3 atom stereocenters. The predicted octanol–water partition coefficient (Wildman–Crippen LogP) is -1.62. The summed E-state index contributed by atoms with van der Waals surface area (Å²) in [6.07, 6.45) is 0.525. The van der Waals surface area contributed by atoms with Gasteiger partial charge in [0.1, 0.15) is 0 Å². The van der Waals surface area contributed by atoms with Gasteiger partial charge in [0.15, 0.2) is 5.66 Å². The summed E-state index contributed by atoms with van der Waals surface area (Å²) in [5.41, 5.74) is 10.4. The average Bonchev–Trinajstić information content (AvgIpc) is 2.27. The molecule has 0 aromatic heterocycles. The van der Waals surface area contributed by atoms with E-state index in [2.05, 4.69) is 5.32 Å². The Hall–Kier alpha value is -0.590. The predicted molar refractivity (Wildman–Crippen MR) is 60.1 cm³/mol. The van der Waals surface area contributed by atoms with Crippen LogP contribution in [0.15, 0.2) is 0 Å². The van der Waals surface area contributed by atoms with Gasteiger partial charge in [0.25, 0.3) is 5.91 Å². The van der Waals surface area contributed by atoms with E-state index in [0.29, 0.717) is 26.1 Å². The molecule has 0 saturated carbocycles. The van der Waals surface area contributed by atoms with Crippen LogP contribution in [-0.2, 0) is 14.1 Å². The number of rotatable bonds is 5. The van der Waals surface area contributed by atoms with Gasteiger partial charge in [0.05, 0.1) is 13.2 Å². The van der Waals surface area contributed by atoms with Crippen molar-refractivity contribution < 1.29 is 14.1 Å². The van der Waals surface area contributed by atoms with Crippen LogP contribution in [0.25, 0.3) is 0 Å². The molecule has 16 heavy (non-hydrogen) atoms. The molecule has 1 heterocycles. The quantitative estimate of drug-likeness (QED) is 0.307. The highest BCUT2D eigenvalue weighted by Gasteiger charge is 2.48. The third kappa shape index (κ3) is 2.56. The molecule has 0 bridgehead atoms. The first-order chi connectivity index (χ1) is 7.56. The number of nitrogens with zero attached hydrogens (tertiary/aromatic N) is 1. The Morgan fingerprint density at radius 2 is 2.44 bits per heavy atom. The number of hydrogen-bond donors (Lipinski definition) is 3. The smallest absolute Gasteiger partial charge is 0.383 e. The van der Waals surface area contributed by atoms with Crippen molar-refractivity contribution in [1.82, 2.24) is 9.99 Å². The fourth-order valence-corrected chi connectivity index (χ4v) is 2.12. The minimum absolute atomic E-state index is 0.382. The molecule has 0 radical (unpaired) electrons. The van der Waals surface area contributed by atoms with Gasteiger partial charge in [-0.05, 0) is 11.0 Å². The zero-order valence-electron chi connectivity index (χ0n) is 9.23. The maximum absolute atomic E-state index is 11.9. The number of piperidine rings is 1. The summed E-state index contributed by atoms with van der Waals surface area (Å²) >= 11 is 0. The normalized spacial score (nSPS) is 31.1. The molecule has 0 aliphatic carbocycles. The molecule has 92 valence electrons. The van der Waals surface area contributed by atoms with E-state index in [4.69, 9.17) is 16.2 Å². The highest BCUT2D eigenvalue weighted by molar-refractivity contribution is 7.21. The Morgan fingerprint density at radius 1 is 1.75 bits per heavy atom. The molecular weight excluding hydrogens is 231 g/mol. The number of carbonyl (C=O) groups is 1. The van der Waals surface area contributed by atoms with Gasteiger partial charge in [0.2, 0.25) is 0 Å². The Labute approximate surface area is 95.7 Å². The number of nitrogens with two attached hydrogens (primary N) is 2.